The average Bonchev–Trinajstić information content (AvgIpc) is 3.88. The van der Waals surface area contributed by atoms with Gasteiger partial charge in [-0.25, -0.2) is 14.8 Å². The molecule has 2 aromatic carbocycles. The Morgan fingerprint density at radius 2 is 1.38 bits per heavy atom. The first-order valence-corrected chi connectivity index (χ1v) is 16.4. The summed E-state index contributed by atoms with van der Waals surface area (Å²) in [6.45, 7) is 4.41. The number of aromatic amines is 2. The molecule has 2 fully saturated rings. The van der Waals surface area contributed by atoms with Crippen LogP contribution in [0, 0.1) is 11.8 Å². The van der Waals surface area contributed by atoms with Crippen molar-refractivity contribution in [2.45, 2.75) is 70.4 Å². The predicted molar refractivity (Wildman–Crippen MR) is 177 cm³/mol. The molecule has 1 unspecified atom stereocenters. The van der Waals surface area contributed by atoms with Gasteiger partial charge in [-0.2, -0.15) is 0 Å². The second kappa shape index (κ2) is 13.8. The van der Waals surface area contributed by atoms with Crippen molar-refractivity contribution in [2.24, 2.45) is 11.8 Å². The summed E-state index contributed by atoms with van der Waals surface area (Å²) in [6.07, 6.45) is 8.14. The van der Waals surface area contributed by atoms with Gasteiger partial charge in [-0.3, -0.25) is 9.59 Å². The summed E-state index contributed by atoms with van der Waals surface area (Å²) in [5.74, 6) is 0.0577. The van der Waals surface area contributed by atoms with Gasteiger partial charge < -0.3 is 30.0 Å². The number of hydrogen-bond acceptors (Lipinski definition) is 6. The van der Waals surface area contributed by atoms with E-state index in [9.17, 15) is 19.5 Å². The number of methoxy groups -OCH3 is 1. The summed E-state index contributed by atoms with van der Waals surface area (Å²) in [4.78, 5) is 55.0. The summed E-state index contributed by atoms with van der Waals surface area (Å²) < 4.78 is 4.74. The van der Waals surface area contributed by atoms with Crippen molar-refractivity contribution in [1.29, 1.82) is 0 Å². The van der Waals surface area contributed by atoms with Gasteiger partial charge in [-0.05, 0) is 53.9 Å². The zero-order chi connectivity index (χ0) is 33.1. The molecule has 4 N–H and O–H groups in total. The number of alkyl carbamates (subject to hydrolysis) is 1. The molecule has 4 atom stereocenters. The highest BCUT2D eigenvalue weighted by Crippen LogP contribution is 2.38. The van der Waals surface area contributed by atoms with E-state index < -0.39 is 18.1 Å². The van der Waals surface area contributed by atoms with E-state index in [0.717, 1.165) is 77.4 Å². The Morgan fingerprint density at radius 1 is 0.830 bits per heavy atom. The highest BCUT2D eigenvalue weighted by atomic mass is 16.5. The van der Waals surface area contributed by atoms with Gasteiger partial charge in [0.15, 0.2) is 0 Å². The number of H-pyrrole nitrogens is 2. The zero-order valence-electron chi connectivity index (χ0n) is 27.0. The van der Waals surface area contributed by atoms with Gasteiger partial charge in [0.05, 0.1) is 42.9 Å². The monoisotopic (exact) mass is 638 g/mol. The molecule has 0 bridgehead atoms. The van der Waals surface area contributed by atoms with Crippen LogP contribution in [0.2, 0.25) is 0 Å². The number of nitrogens with zero attached hydrogens (tertiary/aromatic N) is 3. The van der Waals surface area contributed by atoms with Crippen molar-refractivity contribution in [3.8, 4) is 33.6 Å². The van der Waals surface area contributed by atoms with Gasteiger partial charge in [0.2, 0.25) is 5.91 Å². The lowest BCUT2D eigenvalue weighted by Crippen LogP contribution is -2.51. The van der Waals surface area contributed by atoms with Gasteiger partial charge in [0, 0.05) is 12.5 Å². The number of carboxylic acids is 1. The number of amides is 2. The second-order valence-corrected chi connectivity index (χ2v) is 12.9. The van der Waals surface area contributed by atoms with Crippen molar-refractivity contribution < 1.29 is 24.2 Å². The lowest BCUT2D eigenvalue weighted by molar-refractivity contribution is -0.143. The van der Waals surface area contributed by atoms with Gasteiger partial charge >= 0.3 is 12.1 Å². The Morgan fingerprint density at radius 3 is 1.96 bits per heavy atom. The molecule has 2 amide bonds. The number of ether oxygens (including phenoxy) is 1. The first-order valence-electron chi connectivity index (χ1n) is 16.4. The summed E-state index contributed by atoms with van der Waals surface area (Å²) in [7, 11) is 1.29. The molecule has 246 valence electrons. The van der Waals surface area contributed by atoms with E-state index in [1.165, 1.54) is 7.11 Å². The number of hydrogen-bond donors (Lipinski definition) is 4. The van der Waals surface area contributed by atoms with Crippen LogP contribution in [-0.2, 0) is 14.3 Å². The molecule has 2 aromatic heterocycles. The lowest BCUT2D eigenvalue weighted by Gasteiger charge is -2.30. The minimum atomic E-state index is -0.741. The largest absolute Gasteiger partial charge is 0.481 e. The maximum absolute atomic E-state index is 13.5. The highest BCUT2D eigenvalue weighted by Gasteiger charge is 2.37. The molecule has 1 saturated heterocycles. The Balaban J connectivity index is 1.12. The van der Waals surface area contributed by atoms with Crippen LogP contribution in [0.5, 0.6) is 0 Å². The van der Waals surface area contributed by atoms with Gasteiger partial charge in [-0.15, -0.1) is 0 Å². The van der Waals surface area contributed by atoms with Crippen molar-refractivity contribution in [3.63, 3.8) is 0 Å². The number of benzene rings is 2. The number of carboxylic acid groups (broad SMARTS) is 1. The van der Waals surface area contributed by atoms with E-state index in [4.69, 9.17) is 4.74 Å². The van der Waals surface area contributed by atoms with E-state index >= 15 is 0 Å². The number of aliphatic carboxylic acids is 1. The molecule has 4 aromatic rings. The Labute approximate surface area is 274 Å². The van der Waals surface area contributed by atoms with E-state index in [0.29, 0.717) is 13.0 Å². The normalized spacial score (nSPS) is 20.3. The predicted octanol–water partition coefficient (Wildman–Crippen LogP) is 6.54. The van der Waals surface area contributed by atoms with Crippen molar-refractivity contribution in [3.05, 3.63) is 72.6 Å². The fourth-order valence-electron chi connectivity index (χ4n) is 6.96. The third-order valence-corrected chi connectivity index (χ3v) is 9.59. The maximum Gasteiger partial charge on any atom is 0.407 e. The van der Waals surface area contributed by atoms with Crippen molar-refractivity contribution in [1.82, 2.24) is 30.2 Å². The highest BCUT2D eigenvalue weighted by molar-refractivity contribution is 5.86. The molecule has 1 aliphatic carbocycles. The molecular weight excluding hydrogens is 596 g/mol. The van der Waals surface area contributed by atoms with Crippen LogP contribution in [-0.4, -0.2) is 67.6 Å². The molecule has 1 saturated carbocycles. The summed E-state index contributed by atoms with van der Waals surface area (Å²) in [5.41, 5.74) is 5.88. The standard InChI is InChI=1S/C36H42N6O5/c1-21(2)31(41-36(46)47-3)34(43)42-18-6-9-30(42)33-38-20-29(40-33)25-16-12-23(13-17-25)22-10-14-24(15-11-22)28-19-37-32(39-28)26-7-4-5-8-27(26)35(44)45/h10-17,19-21,26-27,30-31H,4-9,18H2,1-3H3,(H,37,39)(H,38,40)(H,41,46)(H,44,45)/t26?,27-,30+,31+/m1/s1. The molecule has 11 heteroatoms. The molecule has 1 aliphatic heterocycles. The molecule has 47 heavy (non-hydrogen) atoms. The first kappa shape index (κ1) is 32.0. The Kier molecular flexibility index (Phi) is 9.42. The van der Waals surface area contributed by atoms with E-state index in [1.54, 1.807) is 12.4 Å². The van der Waals surface area contributed by atoms with Crippen molar-refractivity contribution >= 4 is 18.0 Å². The van der Waals surface area contributed by atoms with E-state index in [1.807, 2.05) is 18.7 Å². The van der Waals surface area contributed by atoms with Gasteiger partial charge in [-0.1, -0.05) is 75.2 Å². The topological polar surface area (TPSA) is 153 Å². The number of imidazole rings is 2. The minimum absolute atomic E-state index is 0.0779. The molecule has 0 radical (unpaired) electrons. The molecule has 3 heterocycles. The molecule has 11 nitrogen and oxygen atoms in total. The van der Waals surface area contributed by atoms with E-state index in [-0.39, 0.29) is 29.7 Å². The number of rotatable bonds is 9. The van der Waals surface area contributed by atoms with Gasteiger partial charge in [0.1, 0.15) is 17.7 Å². The number of aromatic nitrogens is 4. The third kappa shape index (κ3) is 6.79. The molecule has 6 rings (SSSR count). The second-order valence-electron chi connectivity index (χ2n) is 12.9. The van der Waals surface area contributed by atoms with Crippen LogP contribution in [0.4, 0.5) is 4.79 Å². The van der Waals surface area contributed by atoms with Crippen molar-refractivity contribution in [2.75, 3.05) is 13.7 Å². The average molecular weight is 639 g/mol. The first-order chi connectivity index (χ1) is 22.7. The third-order valence-electron chi connectivity index (χ3n) is 9.59. The van der Waals surface area contributed by atoms with Crippen LogP contribution < -0.4 is 5.32 Å². The molecule has 2 aliphatic rings. The number of carbonyl (C=O) groups excluding carboxylic acids is 2. The quantitative estimate of drug-likeness (QED) is 0.162. The van der Waals surface area contributed by atoms with E-state index in [2.05, 4.69) is 73.8 Å². The lowest BCUT2D eigenvalue weighted by atomic mass is 9.79. The SMILES string of the molecule is COC(=O)N[C@H](C(=O)N1CCC[C@H]1c1ncc(-c2ccc(-c3ccc(-c4cnc(C5CCCC[C@H]5C(=O)O)[nH]4)cc3)cc2)[nH]1)C(C)C. The minimum Gasteiger partial charge on any atom is -0.481 e. The fraction of sp³-hybridized carbons (Fsp3) is 0.417. The summed E-state index contributed by atoms with van der Waals surface area (Å²) in [6, 6.07) is 15.6. The smallest absolute Gasteiger partial charge is 0.407 e. The Bertz CT molecular complexity index is 1710. The fourth-order valence-corrected chi connectivity index (χ4v) is 6.96. The van der Waals surface area contributed by atoms with Gasteiger partial charge in [0.25, 0.3) is 0 Å². The van der Waals surface area contributed by atoms with Crippen LogP contribution in [0.25, 0.3) is 33.6 Å². The molecule has 0 spiro atoms. The molecular formula is C36H42N6O5. The van der Waals surface area contributed by atoms with Crippen LogP contribution in [0.3, 0.4) is 0 Å². The number of nitrogens with one attached hydrogen (secondary N) is 3. The Hall–Kier alpha value is -4.93. The number of carbonyl (C=O) groups is 3. The van der Waals surface area contributed by atoms with Crippen LogP contribution in [0.15, 0.2) is 60.9 Å². The summed E-state index contributed by atoms with van der Waals surface area (Å²) in [5, 5.41) is 12.4. The zero-order valence-corrected chi connectivity index (χ0v) is 27.0. The van der Waals surface area contributed by atoms with Crippen LogP contribution >= 0.6 is 0 Å². The summed E-state index contributed by atoms with van der Waals surface area (Å²) >= 11 is 0. The number of likely N-dealkylation sites (tertiary alicyclic amines) is 1. The van der Waals surface area contributed by atoms with Crippen LogP contribution in [0.1, 0.15) is 76.0 Å². The maximum atomic E-state index is 13.5.